The van der Waals surface area contributed by atoms with Gasteiger partial charge in [-0.1, -0.05) is 0 Å². The number of carbonyl (C=O) groups is 1. The highest BCUT2D eigenvalue weighted by Crippen LogP contribution is 2.17. The largest absolute Gasteiger partial charge is 0.353 e. The van der Waals surface area contributed by atoms with E-state index < -0.39 is 5.54 Å². The summed E-state index contributed by atoms with van der Waals surface area (Å²) >= 11 is 0. The lowest BCUT2D eigenvalue weighted by Crippen LogP contribution is -2.47. The maximum Gasteiger partial charge on any atom is 0.239 e. The number of nitrogens with two attached hydrogens (primary N) is 1. The number of nitrogens with zero attached hydrogens (tertiary/aromatic N) is 4. The van der Waals surface area contributed by atoms with Crippen molar-refractivity contribution in [1.82, 2.24) is 25.3 Å². The number of hydrogen-bond acceptors (Lipinski definition) is 6. The lowest BCUT2D eigenvalue weighted by molar-refractivity contribution is -0.119. The summed E-state index contributed by atoms with van der Waals surface area (Å²) in [6.07, 6.45) is 2.98. The van der Waals surface area contributed by atoms with Gasteiger partial charge in [-0.05, 0) is 13.8 Å². The van der Waals surface area contributed by atoms with E-state index in [1.165, 1.54) is 6.33 Å². The summed E-state index contributed by atoms with van der Waals surface area (Å²) in [5.74, 6) is 0.520. The van der Waals surface area contributed by atoms with Crippen molar-refractivity contribution in [3.05, 3.63) is 12.7 Å². The first kappa shape index (κ1) is 14.2. The Morgan fingerprint density at radius 1 is 1.45 bits per heavy atom. The molecule has 0 aliphatic carbocycles. The topological polar surface area (TPSA) is 113 Å². The van der Waals surface area contributed by atoms with E-state index in [1.807, 2.05) is 13.8 Å². The number of fused-ring (bicyclic) bond motifs is 1. The normalized spacial score (nSPS) is 11.6. The van der Waals surface area contributed by atoms with E-state index in [2.05, 4.69) is 25.3 Å². The number of anilines is 1. The predicted octanol–water partition coefficient (Wildman–Crippen LogP) is -0.357. The minimum Gasteiger partial charge on any atom is -0.353 e. The summed E-state index contributed by atoms with van der Waals surface area (Å²) in [5, 5.41) is 2.79. The van der Waals surface area contributed by atoms with Gasteiger partial charge in [-0.15, -0.1) is 0 Å². The van der Waals surface area contributed by atoms with E-state index >= 15 is 0 Å². The number of likely N-dealkylation sites (N-methyl/N-ethyl adjacent to an activating group) is 1. The Morgan fingerprint density at radius 2 is 2.20 bits per heavy atom. The van der Waals surface area contributed by atoms with Crippen LogP contribution in [-0.4, -0.2) is 51.5 Å². The van der Waals surface area contributed by atoms with Crippen LogP contribution in [0.25, 0.3) is 11.2 Å². The third-order valence-corrected chi connectivity index (χ3v) is 2.69. The fraction of sp³-hybridized carbons (Fsp3) is 0.500. The molecule has 2 heterocycles. The zero-order chi connectivity index (χ0) is 14.8. The molecule has 0 aliphatic rings. The van der Waals surface area contributed by atoms with Gasteiger partial charge in [0.15, 0.2) is 11.5 Å². The SMILES string of the molecule is CN(CC(=O)NCC(C)(C)N)c1ncnc2nc[nH]c12. The first-order valence-corrected chi connectivity index (χ1v) is 6.27. The predicted molar refractivity (Wildman–Crippen MR) is 76.2 cm³/mol. The monoisotopic (exact) mass is 277 g/mol. The van der Waals surface area contributed by atoms with Crippen LogP contribution in [0.15, 0.2) is 12.7 Å². The number of aromatic nitrogens is 4. The Bertz CT molecular complexity index is 601. The van der Waals surface area contributed by atoms with Crippen molar-refractivity contribution in [3.8, 4) is 0 Å². The summed E-state index contributed by atoms with van der Waals surface area (Å²) < 4.78 is 0. The van der Waals surface area contributed by atoms with Crippen molar-refractivity contribution in [2.75, 3.05) is 25.0 Å². The standard InChI is InChI=1S/C12H19N7O/c1-12(2,13)5-14-8(20)4-19(3)11-9-10(16-6-15-9)17-7-18-11/h6-7H,4-5,13H2,1-3H3,(H,14,20)(H,15,16,17,18). The van der Waals surface area contributed by atoms with Crippen molar-refractivity contribution >= 4 is 22.9 Å². The molecule has 2 rings (SSSR count). The molecule has 20 heavy (non-hydrogen) atoms. The molecular formula is C12H19N7O. The third-order valence-electron chi connectivity index (χ3n) is 2.69. The molecule has 0 fully saturated rings. The Labute approximate surface area is 116 Å². The summed E-state index contributed by atoms with van der Waals surface area (Å²) in [5.41, 5.74) is 6.68. The molecule has 2 aromatic heterocycles. The number of aromatic amines is 1. The second-order valence-corrected chi connectivity index (χ2v) is 5.42. The number of rotatable bonds is 5. The van der Waals surface area contributed by atoms with E-state index in [0.29, 0.717) is 23.5 Å². The Kier molecular flexibility index (Phi) is 3.84. The fourth-order valence-electron chi connectivity index (χ4n) is 1.71. The second kappa shape index (κ2) is 5.41. The maximum absolute atomic E-state index is 11.9. The van der Waals surface area contributed by atoms with Gasteiger partial charge in [0.05, 0.1) is 12.9 Å². The van der Waals surface area contributed by atoms with Crippen LogP contribution < -0.4 is 16.0 Å². The van der Waals surface area contributed by atoms with Crippen LogP contribution in [-0.2, 0) is 4.79 Å². The number of nitrogens with one attached hydrogen (secondary N) is 2. The molecule has 0 spiro atoms. The second-order valence-electron chi connectivity index (χ2n) is 5.42. The summed E-state index contributed by atoms with van der Waals surface area (Å²) in [6, 6.07) is 0. The highest BCUT2D eigenvalue weighted by atomic mass is 16.2. The average Bonchev–Trinajstić information content (AvgIpc) is 2.83. The van der Waals surface area contributed by atoms with Crippen LogP contribution in [0.2, 0.25) is 0 Å². The zero-order valence-corrected chi connectivity index (χ0v) is 11.8. The molecule has 0 aromatic carbocycles. The number of amides is 1. The molecule has 0 radical (unpaired) electrons. The van der Waals surface area contributed by atoms with Gasteiger partial charge in [-0.2, -0.15) is 0 Å². The summed E-state index contributed by atoms with van der Waals surface area (Å²) in [4.78, 5) is 28.9. The molecule has 8 nitrogen and oxygen atoms in total. The van der Waals surface area contributed by atoms with E-state index in [4.69, 9.17) is 5.73 Å². The minimum atomic E-state index is -0.431. The fourth-order valence-corrected chi connectivity index (χ4v) is 1.71. The summed E-state index contributed by atoms with van der Waals surface area (Å²) in [7, 11) is 1.79. The lowest BCUT2D eigenvalue weighted by Gasteiger charge is -2.21. The Balaban J connectivity index is 2.03. The molecule has 0 saturated heterocycles. The van der Waals surface area contributed by atoms with Gasteiger partial charge in [0.2, 0.25) is 5.91 Å². The first-order valence-electron chi connectivity index (χ1n) is 6.27. The number of imidazole rings is 1. The molecule has 0 saturated carbocycles. The zero-order valence-electron chi connectivity index (χ0n) is 11.8. The smallest absolute Gasteiger partial charge is 0.239 e. The molecule has 0 aliphatic heterocycles. The lowest BCUT2D eigenvalue weighted by atomic mass is 10.1. The van der Waals surface area contributed by atoms with Gasteiger partial charge in [0.25, 0.3) is 0 Å². The Hall–Kier alpha value is -2.22. The van der Waals surface area contributed by atoms with Crippen molar-refractivity contribution in [3.63, 3.8) is 0 Å². The van der Waals surface area contributed by atoms with Crippen LogP contribution in [0.3, 0.4) is 0 Å². The van der Waals surface area contributed by atoms with Crippen molar-refractivity contribution < 1.29 is 4.79 Å². The molecule has 0 bridgehead atoms. The van der Waals surface area contributed by atoms with Crippen LogP contribution in [0.5, 0.6) is 0 Å². The van der Waals surface area contributed by atoms with Gasteiger partial charge < -0.3 is 20.9 Å². The minimum absolute atomic E-state index is 0.114. The number of carbonyl (C=O) groups excluding carboxylic acids is 1. The third kappa shape index (κ3) is 3.41. The highest BCUT2D eigenvalue weighted by Gasteiger charge is 2.16. The average molecular weight is 277 g/mol. The summed E-state index contributed by atoms with van der Waals surface area (Å²) in [6.45, 7) is 4.31. The van der Waals surface area contributed by atoms with Crippen molar-refractivity contribution in [2.24, 2.45) is 5.73 Å². The van der Waals surface area contributed by atoms with E-state index in [1.54, 1.807) is 18.3 Å². The molecule has 0 unspecified atom stereocenters. The first-order chi connectivity index (χ1) is 9.37. The number of hydrogen-bond donors (Lipinski definition) is 3. The molecule has 2 aromatic rings. The maximum atomic E-state index is 11.9. The molecule has 4 N–H and O–H groups in total. The van der Waals surface area contributed by atoms with Crippen LogP contribution in [0.4, 0.5) is 5.82 Å². The van der Waals surface area contributed by atoms with Crippen molar-refractivity contribution in [2.45, 2.75) is 19.4 Å². The van der Waals surface area contributed by atoms with Gasteiger partial charge in [0, 0.05) is 19.1 Å². The van der Waals surface area contributed by atoms with Gasteiger partial charge in [-0.25, -0.2) is 15.0 Å². The van der Waals surface area contributed by atoms with Gasteiger partial charge in [-0.3, -0.25) is 4.79 Å². The molecular weight excluding hydrogens is 258 g/mol. The molecule has 8 heteroatoms. The molecule has 1 amide bonds. The van der Waals surface area contributed by atoms with Crippen molar-refractivity contribution in [1.29, 1.82) is 0 Å². The van der Waals surface area contributed by atoms with E-state index in [0.717, 1.165) is 0 Å². The van der Waals surface area contributed by atoms with Crippen LogP contribution >= 0.6 is 0 Å². The quantitative estimate of drug-likeness (QED) is 0.688. The van der Waals surface area contributed by atoms with Gasteiger partial charge in [0.1, 0.15) is 11.8 Å². The van der Waals surface area contributed by atoms with E-state index in [9.17, 15) is 4.79 Å². The highest BCUT2D eigenvalue weighted by molar-refractivity contribution is 5.86. The Morgan fingerprint density at radius 3 is 2.90 bits per heavy atom. The van der Waals surface area contributed by atoms with Crippen LogP contribution in [0.1, 0.15) is 13.8 Å². The number of H-pyrrole nitrogens is 1. The van der Waals surface area contributed by atoms with E-state index in [-0.39, 0.29) is 12.5 Å². The van der Waals surface area contributed by atoms with Gasteiger partial charge >= 0.3 is 0 Å². The molecule has 0 atom stereocenters. The molecule has 108 valence electrons. The van der Waals surface area contributed by atoms with Crippen LogP contribution in [0, 0.1) is 0 Å².